The quantitative estimate of drug-likeness (QED) is 0.664. The highest BCUT2D eigenvalue weighted by Crippen LogP contribution is 2.15. The molecule has 3 heterocycles. The summed E-state index contributed by atoms with van der Waals surface area (Å²) in [7, 11) is 0. The van der Waals surface area contributed by atoms with Crippen LogP contribution in [-0.4, -0.2) is 63.0 Å². The Balaban J connectivity index is 1.41. The Morgan fingerprint density at radius 2 is 2.11 bits per heavy atom. The highest BCUT2D eigenvalue weighted by Gasteiger charge is 2.13. The number of fused-ring (bicyclic) bond motifs is 1. The number of carbonyl (C=O) groups is 1. The lowest BCUT2D eigenvalue weighted by molar-refractivity contribution is 0.0360. The SMILES string of the molecule is CCn1c(=O)[nH]c2ccc(C(=O)Nc3cnn(CCN4CCOCC4)c3)cc21. The molecule has 28 heavy (non-hydrogen) atoms. The smallest absolute Gasteiger partial charge is 0.326 e. The molecule has 148 valence electrons. The van der Waals surface area contributed by atoms with Crippen molar-refractivity contribution in [2.45, 2.75) is 20.0 Å². The Morgan fingerprint density at radius 1 is 1.29 bits per heavy atom. The summed E-state index contributed by atoms with van der Waals surface area (Å²) in [6, 6.07) is 5.19. The number of morpholine rings is 1. The molecule has 0 radical (unpaired) electrons. The number of rotatable bonds is 6. The van der Waals surface area contributed by atoms with Crippen LogP contribution in [0.25, 0.3) is 11.0 Å². The van der Waals surface area contributed by atoms with Crippen LogP contribution in [0.2, 0.25) is 0 Å². The van der Waals surface area contributed by atoms with Crippen LogP contribution < -0.4 is 11.0 Å². The number of amides is 1. The molecule has 2 aromatic heterocycles. The predicted octanol–water partition coefficient (Wildman–Crippen LogP) is 1.13. The van der Waals surface area contributed by atoms with Crippen molar-refractivity contribution in [2.75, 3.05) is 38.2 Å². The number of H-pyrrole nitrogens is 1. The van der Waals surface area contributed by atoms with Gasteiger partial charge in [0, 0.05) is 37.9 Å². The van der Waals surface area contributed by atoms with Gasteiger partial charge in [-0.25, -0.2) is 4.79 Å². The number of carbonyl (C=O) groups excluding carboxylic acids is 1. The molecule has 2 N–H and O–H groups in total. The number of hydrogen-bond acceptors (Lipinski definition) is 5. The average molecular weight is 384 g/mol. The van der Waals surface area contributed by atoms with Gasteiger partial charge in [-0.05, 0) is 25.1 Å². The van der Waals surface area contributed by atoms with Crippen LogP contribution in [0.15, 0.2) is 35.4 Å². The molecule has 1 amide bonds. The number of imidazole rings is 1. The maximum absolute atomic E-state index is 12.6. The van der Waals surface area contributed by atoms with E-state index < -0.39 is 0 Å². The number of aromatic amines is 1. The van der Waals surface area contributed by atoms with Crippen molar-refractivity contribution in [3.63, 3.8) is 0 Å². The minimum atomic E-state index is -0.231. The third-order valence-electron chi connectivity index (χ3n) is 4.99. The van der Waals surface area contributed by atoms with Crippen molar-refractivity contribution in [2.24, 2.45) is 0 Å². The van der Waals surface area contributed by atoms with E-state index in [0.717, 1.165) is 50.4 Å². The highest BCUT2D eigenvalue weighted by molar-refractivity contribution is 6.05. The van der Waals surface area contributed by atoms with Gasteiger partial charge in [-0.1, -0.05) is 0 Å². The van der Waals surface area contributed by atoms with Gasteiger partial charge in [0.1, 0.15) is 0 Å². The van der Waals surface area contributed by atoms with Crippen molar-refractivity contribution in [3.8, 4) is 0 Å². The van der Waals surface area contributed by atoms with E-state index in [1.54, 1.807) is 29.0 Å². The second-order valence-electron chi connectivity index (χ2n) is 6.81. The Kier molecular flexibility index (Phi) is 5.27. The number of nitrogens with one attached hydrogen (secondary N) is 2. The van der Waals surface area contributed by atoms with Gasteiger partial charge in [0.2, 0.25) is 0 Å². The van der Waals surface area contributed by atoms with Crippen molar-refractivity contribution in [1.29, 1.82) is 0 Å². The number of hydrogen-bond donors (Lipinski definition) is 2. The van der Waals surface area contributed by atoms with Crippen LogP contribution in [0.3, 0.4) is 0 Å². The number of aryl methyl sites for hydroxylation is 1. The van der Waals surface area contributed by atoms with E-state index >= 15 is 0 Å². The molecule has 4 rings (SSSR count). The van der Waals surface area contributed by atoms with Gasteiger partial charge in [0.25, 0.3) is 5.91 Å². The molecular formula is C19H24N6O3. The van der Waals surface area contributed by atoms with Crippen molar-refractivity contribution in [3.05, 3.63) is 46.6 Å². The zero-order valence-corrected chi connectivity index (χ0v) is 15.9. The Morgan fingerprint density at radius 3 is 2.89 bits per heavy atom. The number of ether oxygens (including phenoxy) is 1. The molecule has 1 fully saturated rings. The summed E-state index contributed by atoms with van der Waals surface area (Å²) in [5.74, 6) is -0.231. The fourth-order valence-electron chi connectivity index (χ4n) is 3.43. The molecule has 3 aromatic rings. The third-order valence-corrected chi connectivity index (χ3v) is 4.99. The molecule has 9 heteroatoms. The minimum absolute atomic E-state index is 0.170. The van der Waals surface area contributed by atoms with Crippen LogP contribution >= 0.6 is 0 Å². The van der Waals surface area contributed by atoms with Gasteiger partial charge < -0.3 is 15.0 Å². The normalized spacial score (nSPS) is 15.2. The lowest BCUT2D eigenvalue weighted by atomic mass is 10.2. The van der Waals surface area contributed by atoms with E-state index in [4.69, 9.17) is 4.74 Å². The van der Waals surface area contributed by atoms with Gasteiger partial charge in [0.15, 0.2) is 0 Å². The Hall–Kier alpha value is -2.91. The predicted molar refractivity (Wildman–Crippen MR) is 106 cm³/mol. The summed E-state index contributed by atoms with van der Waals surface area (Å²) in [5.41, 5.74) is 2.42. The van der Waals surface area contributed by atoms with E-state index in [1.165, 1.54) is 0 Å². The third kappa shape index (κ3) is 3.85. The maximum Gasteiger partial charge on any atom is 0.326 e. The van der Waals surface area contributed by atoms with Gasteiger partial charge >= 0.3 is 5.69 Å². The van der Waals surface area contributed by atoms with Crippen molar-refractivity contribution >= 4 is 22.6 Å². The molecular weight excluding hydrogens is 360 g/mol. The molecule has 9 nitrogen and oxygen atoms in total. The molecule has 0 bridgehead atoms. The number of anilines is 1. The number of nitrogens with zero attached hydrogens (tertiary/aromatic N) is 4. The van der Waals surface area contributed by atoms with Crippen molar-refractivity contribution in [1.82, 2.24) is 24.2 Å². The second-order valence-corrected chi connectivity index (χ2v) is 6.81. The topological polar surface area (TPSA) is 97.2 Å². The largest absolute Gasteiger partial charge is 0.379 e. The van der Waals surface area contributed by atoms with Gasteiger partial charge in [-0.3, -0.25) is 18.9 Å². The van der Waals surface area contributed by atoms with Crippen LogP contribution in [0, 0.1) is 0 Å². The highest BCUT2D eigenvalue weighted by atomic mass is 16.5. The second kappa shape index (κ2) is 7.99. The Labute approximate surface area is 161 Å². The molecule has 1 saturated heterocycles. The summed E-state index contributed by atoms with van der Waals surface area (Å²) < 4.78 is 8.79. The van der Waals surface area contributed by atoms with Gasteiger partial charge in [-0.15, -0.1) is 0 Å². The first-order chi connectivity index (χ1) is 13.6. The van der Waals surface area contributed by atoms with Crippen LogP contribution in [0.1, 0.15) is 17.3 Å². The number of aromatic nitrogens is 4. The lowest BCUT2D eigenvalue weighted by Gasteiger charge is -2.26. The van der Waals surface area contributed by atoms with Crippen LogP contribution in [0.4, 0.5) is 5.69 Å². The monoisotopic (exact) mass is 384 g/mol. The molecule has 0 unspecified atom stereocenters. The lowest BCUT2D eigenvalue weighted by Crippen LogP contribution is -2.38. The van der Waals surface area contributed by atoms with Gasteiger partial charge in [0.05, 0.1) is 42.7 Å². The first kappa shape index (κ1) is 18.5. The molecule has 1 aliphatic heterocycles. The zero-order valence-electron chi connectivity index (χ0n) is 15.9. The van der Waals surface area contributed by atoms with E-state index in [-0.39, 0.29) is 11.6 Å². The maximum atomic E-state index is 12.6. The summed E-state index contributed by atoms with van der Waals surface area (Å²) in [6.45, 7) is 7.53. The summed E-state index contributed by atoms with van der Waals surface area (Å²) in [4.78, 5) is 29.6. The van der Waals surface area contributed by atoms with E-state index in [2.05, 4.69) is 20.3 Å². The fourth-order valence-corrected chi connectivity index (χ4v) is 3.43. The van der Waals surface area contributed by atoms with E-state index in [1.807, 2.05) is 17.8 Å². The minimum Gasteiger partial charge on any atom is -0.379 e. The Bertz CT molecular complexity index is 1030. The fraction of sp³-hybridized carbons (Fsp3) is 0.421. The summed E-state index contributed by atoms with van der Waals surface area (Å²) in [5, 5.41) is 7.19. The molecule has 0 spiro atoms. The van der Waals surface area contributed by atoms with E-state index in [0.29, 0.717) is 17.8 Å². The standard InChI is InChI=1S/C19H24N6O3/c1-2-25-17-11-14(3-4-16(17)22-19(25)27)18(26)21-15-12-20-24(13-15)6-5-23-7-9-28-10-8-23/h3-4,11-13H,2,5-10H2,1H3,(H,21,26)(H,22,27). The average Bonchev–Trinajstić information content (AvgIpc) is 3.29. The zero-order chi connectivity index (χ0) is 19.5. The first-order valence-electron chi connectivity index (χ1n) is 9.50. The molecule has 1 aromatic carbocycles. The van der Waals surface area contributed by atoms with E-state index in [9.17, 15) is 9.59 Å². The van der Waals surface area contributed by atoms with Crippen molar-refractivity contribution < 1.29 is 9.53 Å². The van der Waals surface area contributed by atoms with Crippen LogP contribution in [0.5, 0.6) is 0 Å². The molecule has 0 saturated carbocycles. The summed E-state index contributed by atoms with van der Waals surface area (Å²) in [6.07, 6.45) is 3.48. The molecule has 1 aliphatic rings. The molecule has 0 aliphatic carbocycles. The first-order valence-corrected chi connectivity index (χ1v) is 9.50. The summed E-state index contributed by atoms with van der Waals surface area (Å²) >= 11 is 0. The van der Waals surface area contributed by atoms with Crippen LogP contribution in [-0.2, 0) is 17.8 Å². The number of benzene rings is 1. The molecule has 0 atom stereocenters. The van der Waals surface area contributed by atoms with Gasteiger partial charge in [-0.2, -0.15) is 5.10 Å².